The van der Waals surface area contributed by atoms with Gasteiger partial charge in [-0.15, -0.1) is 0 Å². The van der Waals surface area contributed by atoms with Crippen LogP contribution >= 0.6 is 15.9 Å². The molecule has 0 radical (unpaired) electrons. The molecular weight excluding hydrogens is 242 g/mol. The third kappa shape index (κ3) is 4.22. The van der Waals surface area contributed by atoms with Gasteiger partial charge >= 0.3 is 0 Å². The molecule has 0 heterocycles. The zero-order valence-electron chi connectivity index (χ0n) is 8.33. The van der Waals surface area contributed by atoms with Crippen LogP contribution in [0.2, 0.25) is 0 Å². The van der Waals surface area contributed by atoms with Gasteiger partial charge in [-0.3, -0.25) is 0 Å². The monoisotopic (exact) mass is 257 g/mol. The van der Waals surface area contributed by atoms with E-state index in [1.807, 2.05) is 19.1 Å². The summed E-state index contributed by atoms with van der Waals surface area (Å²) in [5.74, 6) is 0. The lowest BCUT2D eigenvalue weighted by Gasteiger charge is -2.10. The molecule has 3 heteroatoms. The Morgan fingerprint density at radius 1 is 1.36 bits per heavy atom. The maximum atomic E-state index is 8.80. The summed E-state index contributed by atoms with van der Waals surface area (Å²) in [5, 5.41) is 12.0. The van der Waals surface area contributed by atoms with E-state index in [2.05, 4.69) is 33.4 Å². The van der Waals surface area contributed by atoms with E-state index in [-0.39, 0.29) is 12.6 Å². The van der Waals surface area contributed by atoms with Crippen LogP contribution in [0.3, 0.4) is 0 Å². The van der Waals surface area contributed by atoms with Gasteiger partial charge in [-0.05, 0) is 37.6 Å². The Morgan fingerprint density at radius 3 is 2.57 bits per heavy atom. The van der Waals surface area contributed by atoms with Crippen LogP contribution in [0.5, 0.6) is 0 Å². The van der Waals surface area contributed by atoms with Crippen LogP contribution in [0.4, 0.5) is 0 Å². The minimum Gasteiger partial charge on any atom is -0.395 e. The highest BCUT2D eigenvalue weighted by Gasteiger charge is 1.98. The topological polar surface area (TPSA) is 32.3 Å². The number of benzene rings is 1. The van der Waals surface area contributed by atoms with E-state index in [4.69, 9.17) is 5.11 Å². The maximum Gasteiger partial charge on any atom is 0.0581 e. The molecule has 2 N–H and O–H groups in total. The van der Waals surface area contributed by atoms with Gasteiger partial charge in [0.1, 0.15) is 0 Å². The van der Waals surface area contributed by atoms with Crippen molar-refractivity contribution < 1.29 is 5.11 Å². The summed E-state index contributed by atoms with van der Waals surface area (Å²) in [6.45, 7) is 3.07. The quantitative estimate of drug-likeness (QED) is 0.846. The van der Waals surface area contributed by atoms with Crippen molar-refractivity contribution in [2.24, 2.45) is 0 Å². The van der Waals surface area contributed by atoms with E-state index in [0.717, 1.165) is 17.4 Å². The summed E-state index contributed by atoms with van der Waals surface area (Å²) in [5.41, 5.74) is 1.31. The van der Waals surface area contributed by atoms with Crippen LogP contribution in [0, 0.1) is 0 Å². The van der Waals surface area contributed by atoms with Crippen molar-refractivity contribution in [1.29, 1.82) is 0 Å². The summed E-state index contributed by atoms with van der Waals surface area (Å²) in [6.07, 6.45) is 0.998. The fraction of sp³-hybridized carbons (Fsp3) is 0.455. The lowest BCUT2D eigenvalue weighted by molar-refractivity contribution is 0.252. The number of aliphatic hydroxyl groups is 1. The molecule has 2 nitrogen and oxygen atoms in total. The lowest BCUT2D eigenvalue weighted by Crippen LogP contribution is -2.30. The van der Waals surface area contributed by atoms with Crippen molar-refractivity contribution in [2.45, 2.75) is 19.4 Å². The number of nitrogens with one attached hydrogen (secondary N) is 1. The molecule has 0 aliphatic rings. The molecule has 0 bridgehead atoms. The molecule has 1 aromatic rings. The first kappa shape index (κ1) is 11.7. The van der Waals surface area contributed by atoms with Crippen LogP contribution in [-0.2, 0) is 6.42 Å². The van der Waals surface area contributed by atoms with Gasteiger partial charge in [-0.25, -0.2) is 0 Å². The van der Waals surface area contributed by atoms with Crippen molar-refractivity contribution in [3.8, 4) is 0 Å². The third-order valence-corrected chi connectivity index (χ3v) is 2.62. The molecule has 1 unspecified atom stereocenters. The van der Waals surface area contributed by atoms with E-state index >= 15 is 0 Å². The normalized spacial score (nSPS) is 12.8. The van der Waals surface area contributed by atoms with Gasteiger partial charge in [0.25, 0.3) is 0 Å². The first-order valence-electron chi connectivity index (χ1n) is 4.81. The molecule has 0 spiro atoms. The molecule has 0 aromatic heterocycles. The number of hydrogen-bond acceptors (Lipinski definition) is 2. The Labute approximate surface area is 93.5 Å². The van der Waals surface area contributed by atoms with E-state index in [0.29, 0.717) is 0 Å². The molecule has 1 rings (SSSR count). The molecule has 0 fully saturated rings. The smallest absolute Gasteiger partial charge is 0.0581 e. The SMILES string of the molecule is CC(CO)NCCc1ccc(Br)cc1. The zero-order chi connectivity index (χ0) is 10.4. The molecule has 0 saturated heterocycles. The first-order chi connectivity index (χ1) is 6.72. The Kier molecular flexibility index (Phi) is 5.15. The first-order valence-corrected chi connectivity index (χ1v) is 5.60. The minimum absolute atomic E-state index is 0.186. The fourth-order valence-corrected chi connectivity index (χ4v) is 1.44. The van der Waals surface area contributed by atoms with Crippen molar-refractivity contribution in [2.75, 3.05) is 13.2 Å². The van der Waals surface area contributed by atoms with Crippen molar-refractivity contribution in [3.05, 3.63) is 34.3 Å². The average Bonchev–Trinajstić information content (AvgIpc) is 2.21. The van der Waals surface area contributed by atoms with Gasteiger partial charge in [-0.2, -0.15) is 0 Å². The van der Waals surface area contributed by atoms with Gasteiger partial charge in [0, 0.05) is 10.5 Å². The minimum atomic E-state index is 0.186. The molecule has 1 atom stereocenters. The Bertz CT molecular complexity index is 260. The molecule has 0 aliphatic carbocycles. The standard InChI is InChI=1S/C11H16BrNO/c1-9(8-14)13-7-6-10-2-4-11(12)5-3-10/h2-5,9,13-14H,6-8H2,1H3. The second-order valence-corrected chi connectivity index (χ2v) is 4.33. The number of aliphatic hydroxyl groups excluding tert-OH is 1. The zero-order valence-corrected chi connectivity index (χ0v) is 9.92. The van der Waals surface area contributed by atoms with Crippen molar-refractivity contribution in [1.82, 2.24) is 5.32 Å². The highest BCUT2D eigenvalue weighted by atomic mass is 79.9. The predicted octanol–water partition coefficient (Wildman–Crippen LogP) is 1.96. The molecular formula is C11H16BrNO. The largest absolute Gasteiger partial charge is 0.395 e. The Hall–Kier alpha value is -0.380. The molecule has 0 saturated carbocycles. The summed E-state index contributed by atoms with van der Waals surface area (Å²) in [6, 6.07) is 8.49. The number of halogens is 1. The highest BCUT2D eigenvalue weighted by Crippen LogP contribution is 2.10. The summed E-state index contributed by atoms with van der Waals surface area (Å²) >= 11 is 3.40. The van der Waals surface area contributed by atoms with Crippen LogP contribution in [-0.4, -0.2) is 24.3 Å². The van der Waals surface area contributed by atoms with Gasteiger partial charge in [-0.1, -0.05) is 28.1 Å². The fourth-order valence-electron chi connectivity index (χ4n) is 1.18. The molecule has 1 aromatic carbocycles. The van der Waals surface area contributed by atoms with Gasteiger partial charge < -0.3 is 10.4 Å². The van der Waals surface area contributed by atoms with Crippen LogP contribution in [0.25, 0.3) is 0 Å². The van der Waals surface area contributed by atoms with E-state index in [9.17, 15) is 0 Å². The van der Waals surface area contributed by atoms with Crippen LogP contribution in [0.1, 0.15) is 12.5 Å². The van der Waals surface area contributed by atoms with E-state index < -0.39 is 0 Å². The number of rotatable bonds is 5. The predicted molar refractivity (Wildman–Crippen MR) is 62.4 cm³/mol. The Morgan fingerprint density at radius 2 is 2.00 bits per heavy atom. The van der Waals surface area contributed by atoms with Gasteiger partial charge in [0.2, 0.25) is 0 Å². The second-order valence-electron chi connectivity index (χ2n) is 3.41. The lowest BCUT2D eigenvalue weighted by atomic mass is 10.1. The summed E-state index contributed by atoms with van der Waals surface area (Å²) in [7, 11) is 0. The molecule has 78 valence electrons. The van der Waals surface area contributed by atoms with Crippen LogP contribution < -0.4 is 5.32 Å². The van der Waals surface area contributed by atoms with Gasteiger partial charge in [0.05, 0.1) is 6.61 Å². The maximum absolute atomic E-state index is 8.80. The molecule has 0 aliphatic heterocycles. The average molecular weight is 258 g/mol. The third-order valence-electron chi connectivity index (χ3n) is 2.09. The van der Waals surface area contributed by atoms with Crippen molar-refractivity contribution >= 4 is 15.9 Å². The summed E-state index contributed by atoms with van der Waals surface area (Å²) < 4.78 is 1.11. The van der Waals surface area contributed by atoms with Crippen LogP contribution in [0.15, 0.2) is 28.7 Å². The molecule has 0 amide bonds. The number of hydrogen-bond donors (Lipinski definition) is 2. The van der Waals surface area contributed by atoms with Gasteiger partial charge in [0.15, 0.2) is 0 Å². The second kappa shape index (κ2) is 6.17. The van der Waals surface area contributed by atoms with Crippen molar-refractivity contribution in [3.63, 3.8) is 0 Å². The van der Waals surface area contributed by atoms with E-state index in [1.54, 1.807) is 0 Å². The highest BCUT2D eigenvalue weighted by molar-refractivity contribution is 9.10. The van der Waals surface area contributed by atoms with E-state index in [1.165, 1.54) is 5.56 Å². The Balaban J connectivity index is 2.28. The summed E-state index contributed by atoms with van der Waals surface area (Å²) in [4.78, 5) is 0. The molecule has 14 heavy (non-hydrogen) atoms.